The topological polar surface area (TPSA) is 193 Å². The number of rotatable bonds is 17. The summed E-state index contributed by atoms with van der Waals surface area (Å²) in [5.74, 6) is -4.27. The van der Waals surface area contributed by atoms with Crippen LogP contribution in [0.15, 0.2) is 17.8 Å². The first-order valence-corrected chi connectivity index (χ1v) is 19.1. The van der Waals surface area contributed by atoms with E-state index >= 15 is 0 Å². The van der Waals surface area contributed by atoms with Crippen LogP contribution < -0.4 is 10.6 Å². The van der Waals surface area contributed by atoms with Crippen LogP contribution in [-0.2, 0) is 41.2 Å². The molecule has 2 aromatic heterocycles. The van der Waals surface area contributed by atoms with E-state index in [4.69, 9.17) is 9.47 Å². The highest BCUT2D eigenvalue weighted by molar-refractivity contribution is 7.09. The molecule has 2 aliphatic heterocycles. The van der Waals surface area contributed by atoms with Crippen LogP contribution in [0.1, 0.15) is 92.8 Å². The number of carboxylic acid groups (broad SMARTS) is 1. The number of likely N-dealkylation sites (tertiary alicyclic amines) is 1. The molecular formula is C36H50F3N7O8S. The number of carboxylic acids is 1. The second-order valence-electron chi connectivity index (χ2n) is 14.7. The van der Waals surface area contributed by atoms with Crippen LogP contribution in [0.4, 0.5) is 13.2 Å². The van der Waals surface area contributed by atoms with E-state index in [-0.39, 0.29) is 65.5 Å². The molecule has 0 bridgehead atoms. The Morgan fingerprint density at radius 3 is 2.31 bits per heavy atom. The number of alkyl halides is 3. The Labute approximate surface area is 321 Å². The average molecular weight is 798 g/mol. The van der Waals surface area contributed by atoms with Crippen molar-refractivity contribution in [2.45, 2.75) is 103 Å². The molecule has 2 fully saturated rings. The second-order valence-corrected chi connectivity index (χ2v) is 15.6. The summed E-state index contributed by atoms with van der Waals surface area (Å²) >= 11 is 1.05. The van der Waals surface area contributed by atoms with Crippen molar-refractivity contribution < 1.29 is 51.7 Å². The van der Waals surface area contributed by atoms with Gasteiger partial charge in [-0.05, 0) is 38.8 Å². The molecule has 0 aliphatic carbocycles. The van der Waals surface area contributed by atoms with Gasteiger partial charge in [0.25, 0.3) is 5.91 Å². The molecule has 4 rings (SSSR count). The molecule has 0 radical (unpaired) electrons. The van der Waals surface area contributed by atoms with E-state index in [2.05, 4.69) is 25.6 Å². The molecular weight excluding hydrogens is 747 g/mol. The van der Waals surface area contributed by atoms with E-state index in [9.17, 15) is 42.3 Å². The number of hydrogen-bond donors (Lipinski definition) is 3. The van der Waals surface area contributed by atoms with Gasteiger partial charge in [0.2, 0.25) is 11.8 Å². The normalized spacial score (nSPS) is 19.3. The van der Waals surface area contributed by atoms with E-state index in [0.717, 1.165) is 30.7 Å². The maximum Gasteiger partial charge on any atom is 0.419 e. The number of carbonyl (C=O) groups excluding carboxylic acids is 4. The number of carbonyl (C=O) groups is 5. The van der Waals surface area contributed by atoms with Gasteiger partial charge in [0.15, 0.2) is 6.10 Å². The molecule has 4 heterocycles. The molecule has 2 aliphatic rings. The van der Waals surface area contributed by atoms with Gasteiger partial charge in [0, 0.05) is 62.6 Å². The van der Waals surface area contributed by atoms with Gasteiger partial charge in [-0.2, -0.15) is 13.2 Å². The number of likely N-dealkylation sites (N-methyl/N-ethyl adjacent to an activating group) is 2. The Morgan fingerprint density at radius 1 is 1.09 bits per heavy atom. The number of hydrogen-bond acceptors (Lipinski definition) is 12. The van der Waals surface area contributed by atoms with Crippen molar-refractivity contribution in [2.75, 3.05) is 33.9 Å². The molecule has 0 aromatic carbocycles. The maximum atomic E-state index is 14.1. The number of amides is 3. The van der Waals surface area contributed by atoms with Gasteiger partial charge >= 0.3 is 18.1 Å². The summed E-state index contributed by atoms with van der Waals surface area (Å²) in [5.41, 5.74) is -1.12. The highest BCUT2D eigenvalue weighted by Gasteiger charge is 2.41. The van der Waals surface area contributed by atoms with Crippen LogP contribution in [0.5, 0.6) is 0 Å². The number of piperidine rings is 1. The van der Waals surface area contributed by atoms with Crippen LogP contribution in [0.25, 0.3) is 0 Å². The number of nitrogens with one attached hydrogen (secondary N) is 2. The van der Waals surface area contributed by atoms with Crippen LogP contribution in [0.3, 0.4) is 0 Å². The first-order valence-electron chi connectivity index (χ1n) is 18.2. The van der Waals surface area contributed by atoms with Crippen molar-refractivity contribution in [2.24, 2.45) is 17.8 Å². The van der Waals surface area contributed by atoms with Gasteiger partial charge in [0.1, 0.15) is 22.6 Å². The molecule has 3 amide bonds. The van der Waals surface area contributed by atoms with E-state index in [0.29, 0.717) is 32.0 Å². The Hall–Kier alpha value is -4.23. The van der Waals surface area contributed by atoms with Crippen molar-refractivity contribution in [3.8, 4) is 0 Å². The summed E-state index contributed by atoms with van der Waals surface area (Å²) in [5, 5.41) is 16.9. The molecule has 2 aromatic rings. The lowest BCUT2D eigenvalue weighted by atomic mass is 9.92. The quantitative estimate of drug-likeness (QED) is 0.198. The third-order valence-electron chi connectivity index (χ3n) is 10.0. The summed E-state index contributed by atoms with van der Waals surface area (Å²) in [7, 11) is 3.54. The van der Waals surface area contributed by atoms with Crippen molar-refractivity contribution in [1.29, 1.82) is 0 Å². The number of aromatic nitrogens is 3. The highest BCUT2D eigenvalue weighted by atomic mass is 32.1. The Balaban J connectivity index is 1.51. The molecule has 15 nitrogen and oxygen atoms in total. The SMILES string of the molecule is CC(=O)O[C@H](C[C@H](C(C)C)N(C)C(=O)[C@@H](NC(=O)[C@H]1CCCCN1C)C1COC1)c1nc(C(=O)N[C@@H](Cc2ncc(C(F)(F)F)cn2)C[C@H](C)C(=O)O)cs1. The average Bonchev–Trinajstić information content (AvgIpc) is 3.58. The minimum atomic E-state index is -4.65. The van der Waals surface area contributed by atoms with Gasteiger partial charge in [-0.25, -0.2) is 15.0 Å². The molecule has 0 saturated carbocycles. The zero-order valence-electron chi connectivity index (χ0n) is 31.8. The fourth-order valence-electron chi connectivity index (χ4n) is 6.71. The van der Waals surface area contributed by atoms with Crippen LogP contribution in [-0.4, -0.2) is 118 Å². The lowest BCUT2D eigenvalue weighted by molar-refractivity contribution is -0.151. The third kappa shape index (κ3) is 11.9. The van der Waals surface area contributed by atoms with Crippen LogP contribution in [0.2, 0.25) is 0 Å². The fourth-order valence-corrected chi connectivity index (χ4v) is 7.55. The number of thiazole rings is 1. The Morgan fingerprint density at radius 2 is 1.76 bits per heavy atom. The zero-order valence-corrected chi connectivity index (χ0v) is 32.6. The minimum Gasteiger partial charge on any atom is -0.481 e. The van der Waals surface area contributed by atoms with Gasteiger partial charge in [-0.1, -0.05) is 27.2 Å². The van der Waals surface area contributed by atoms with E-state index < -0.39 is 59.7 Å². The monoisotopic (exact) mass is 797 g/mol. The van der Waals surface area contributed by atoms with Crippen molar-refractivity contribution in [3.05, 3.63) is 39.9 Å². The summed E-state index contributed by atoms with van der Waals surface area (Å²) in [6, 6.07) is -2.55. The van der Waals surface area contributed by atoms with E-state index in [1.807, 2.05) is 25.8 Å². The summed E-state index contributed by atoms with van der Waals surface area (Å²) in [6.07, 6.45) is -1.88. The largest absolute Gasteiger partial charge is 0.481 e. The van der Waals surface area contributed by atoms with Crippen molar-refractivity contribution >= 4 is 41.0 Å². The molecule has 6 atom stereocenters. The number of halogens is 3. The minimum absolute atomic E-state index is 0.0314. The Bertz CT molecular complexity index is 1660. The molecule has 304 valence electrons. The molecule has 19 heteroatoms. The molecule has 0 unspecified atom stereocenters. The van der Waals surface area contributed by atoms with Crippen molar-refractivity contribution in [3.63, 3.8) is 0 Å². The second kappa shape index (κ2) is 19.1. The van der Waals surface area contributed by atoms with Crippen molar-refractivity contribution in [1.82, 2.24) is 35.4 Å². The van der Waals surface area contributed by atoms with E-state index in [1.54, 1.807) is 11.9 Å². The molecule has 2 saturated heterocycles. The standard InChI is InChI=1S/C36H50F3N7O8S/c1-19(2)27(46(6)34(50)30(22-16-53-17-22)44-32(49)26-9-7-8-10-45(26)5)13-28(54-21(4)47)33-43-25(18-55-33)31(48)42-24(11-20(3)35(51)52)12-29-40-14-23(15-41-29)36(37,38)39/h14-15,18-20,22,24,26-28,30H,7-13,16-17H2,1-6H3,(H,42,48)(H,44,49)(H,51,52)/t20-,24+,26+,27+,28+,30-/m0/s1. The number of aliphatic carboxylic acids is 1. The van der Waals surface area contributed by atoms with Crippen LogP contribution >= 0.6 is 11.3 Å². The Kier molecular flexibility index (Phi) is 15.1. The predicted octanol–water partition coefficient (Wildman–Crippen LogP) is 3.50. The maximum absolute atomic E-state index is 14.1. The smallest absolute Gasteiger partial charge is 0.419 e. The summed E-state index contributed by atoms with van der Waals surface area (Å²) in [4.78, 5) is 80.5. The lowest BCUT2D eigenvalue weighted by Gasteiger charge is -2.40. The summed E-state index contributed by atoms with van der Waals surface area (Å²) < 4.78 is 50.2. The number of esters is 1. The van der Waals surface area contributed by atoms with E-state index in [1.165, 1.54) is 19.2 Å². The fraction of sp³-hybridized carbons (Fsp3) is 0.667. The van der Waals surface area contributed by atoms with Gasteiger partial charge in [-0.3, -0.25) is 28.9 Å². The third-order valence-corrected chi connectivity index (χ3v) is 11.0. The zero-order chi connectivity index (χ0) is 40.6. The van der Waals surface area contributed by atoms with Crippen LogP contribution in [0, 0.1) is 17.8 Å². The lowest BCUT2D eigenvalue weighted by Crippen LogP contribution is -2.61. The van der Waals surface area contributed by atoms with Gasteiger partial charge in [0.05, 0.1) is 30.7 Å². The molecule has 0 spiro atoms. The first kappa shape index (κ1) is 43.5. The summed E-state index contributed by atoms with van der Waals surface area (Å²) in [6.45, 7) is 7.92. The van der Waals surface area contributed by atoms with Gasteiger partial charge < -0.3 is 30.1 Å². The number of nitrogens with zero attached hydrogens (tertiary/aromatic N) is 5. The molecule has 55 heavy (non-hydrogen) atoms. The molecule has 3 N–H and O–H groups in total. The number of ether oxygens (including phenoxy) is 2. The highest BCUT2D eigenvalue weighted by Crippen LogP contribution is 2.32. The van der Waals surface area contributed by atoms with Gasteiger partial charge in [-0.15, -0.1) is 11.3 Å². The predicted molar refractivity (Wildman–Crippen MR) is 193 cm³/mol. The first-order chi connectivity index (χ1) is 25.8.